The Morgan fingerprint density at radius 2 is 1.11 bits per heavy atom. The lowest BCUT2D eigenvalue weighted by Gasteiger charge is -2.44. The molecule has 54 heavy (non-hydrogen) atoms. The first-order chi connectivity index (χ1) is 26.5. The second-order valence-corrected chi connectivity index (χ2v) is 14.2. The number of benzene rings is 5. The standard InChI is InChI=1S/C44H40O9S/c1-2-54-43-40(52-42(46)31-20-10-5-11-21-31)39(51-41(45)30-18-8-4-9-19-30)38(37(50-43)28-48-26-29-16-6-3-7-17-29)53-44(47)49-27-36-34-24-14-12-22-32(34)33-23-13-15-25-35(33)36/h3-25,36-40,43H,2,26-28H2,1H3/t37-,38-,39+,40-,43+/m1/s1. The van der Waals surface area contributed by atoms with Crippen molar-refractivity contribution in [1.82, 2.24) is 0 Å². The average molecular weight is 745 g/mol. The molecule has 1 aliphatic heterocycles. The molecule has 1 saturated heterocycles. The van der Waals surface area contributed by atoms with E-state index in [0.717, 1.165) is 27.8 Å². The Bertz CT molecular complexity index is 1980. The third-order valence-corrected chi connectivity index (χ3v) is 10.4. The van der Waals surface area contributed by atoms with E-state index < -0.39 is 47.9 Å². The van der Waals surface area contributed by atoms with Crippen LogP contribution in [0.3, 0.4) is 0 Å². The lowest BCUT2D eigenvalue weighted by atomic mass is 9.98. The van der Waals surface area contributed by atoms with Crippen LogP contribution in [0.1, 0.15) is 50.2 Å². The van der Waals surface area contributed by atoms with Crippen LogP contribution in [0.15, 0.2) is 140 Å². The molecule has 5 atom stereocenters. The zero-order valence-electron chi connectivity index (χ0n) is 29.7. The van der Waals surface area contributed by atoms with Crippen LogP contribution in [-0.4, -0.2) is 66.9 Å². The number of fused-ring (bicyclic) bond motifs is 3. The summed E-state index contributed by atoms with van der Waals surface area (Å²) in [6.07, 6.45) is -5.68. The van der Waals surface area contributed by atoms with Crippen molar-refractivity contribution in [1.29, 1.82) is 0 Å². The monoisotopic (exact) mass is 744 g/mol. The van der Waals surface area contributed by atoms with Gasteiger partial charge in [-0.25, -0.2) is 14.4 Å². The van der Waals surface area contributed by atoms with Gasteiger partial charge in [-0.2, -0.15) is 0 Å². The lowest BCUT2D eigenvalue weighted by molar-refractivity contribution is -0.215. The molecule has 1 aliphatic carbocycles. The number of hydrogen-bond acceptors (Lipinski definition) is 10. The van der Waals surface area contributed by atoms with Crippen LogP contribution in [0.2, 0.25) is 0 Å². The van der Waals surface area contributed by atoms with Crippen molar-refractivity contribution < 1.29 is 42.8 Å². The highest BCUT2D eigenvalue weighted by atomic mass is 32.2. The summed E-state index contributed by atoms with van der Waals surface area (Å²) in [7, 11) is 0. The summed E-state index contributed by atoms with van der Waals surface area (Å²) in [5.74, 6) is -0.966. The fraction of sp³-hybridized carbons (Fsp3) is 0.250. The summed E-state index contributed by atoms with van der Waals surface area (Å²) in [4.78, 5) is 41.1. The Kier molecular flexibility index (Phi) is 12.0. The maximum atomic E-state index is 13.8. The van der Waals surface area contributed by atoms with Crippen molar-refractivity contribution >= 4 is 29.9 Å². The number of esters is 2. The van der Waals surface area contributed by atoms with Gasteiger partial charge in [-0.1, -0.05) is 122 Å². The van der Waals surface area contributed by atoms with E-state index in [-0.39, 0.29) is 31.3 Å². The first kappa shape index (κ1) is 36.9. The van der Waals surface area contributed by atoms with Crippen molar-refractivity contribution in [3.05, 3.63) is 167 Å². The normalized spacial score (nSPS) is 20.3. The van der Waals surface area contributed by atoms with Gasteiger partial charge < -0.3 is 28.4 Å². The highest BCUT2D eigenvalue weighted by Crippen LogP contribution is 2.44. The molecule has 0 unspecified atom stereocenters. The van der Waals surface area contributed by atoms with Gasteiger partial charge in [0.15, 0.2) is 18.3 Å². The van der Waals surface area contributed by atoms with Gasteiger partial charge in [0.25, 0.3) is 0 Å². The summed E-state index contributed by atoms with van der Waals surface area (Å²) in [5, 5.41) is 0. The van der Waals surface area contributed by atoms with Crippen LogP contribution in [0, 0.1) is 0 Å². The van der Waals surface area contributed by atoms with Gasteiger partial charge in [-0.05, 0) is 57.8 Å². The fourth-order valence-electron chi connectivity index (χ4n) is 6.85. The third kappa shape index (κ3) is 8.52. The third-order valence-electron chi connectivity index (χ3n) is 9.38. The van der Waals surface area contributed by atoms with Gasteiger partial charge in [-0.15, -0.1) is 11.8 Å². The second-order valence-electron chi connectivity index (χ2n) is 12.8. The van der Waals surface area contributed by atoms with Gasteiger partial charge in [0.05, 0.1) is 24.3 Å². The predicted molar refractivity (Wildman–Crippen MR) is 204 cm³/mol. The lowest BCUT2D eigenvalue weighted by Crippen LogP contribution is -2.61. The number of carbonyl (C=O) groups is 3. The molecule has 2 aliphatic rings. The first-order valence-corrected chi connectivity index (χ1v) is 19.0. The van der Waals surface area contributed by atoms with Crippen LogP contribution < -0.4 is 0 Å². The van der Waals surface area contributed by atoms with Crippen molar-refractivity contribution in [3.63, 3.8) is 0 Å². The molecule has 276 valence electrons. The summed E-state index contributed by atoms with van der Waals surface area (Å²) in [6, 6.07) is 42.6. The van der Waals surface area contributed by atoms with Crippen LogP contribution in [0.4, 0.5) is 4.79 Å². The Balaban J connectivity index is 1.18. The predicted octanol–water partition coefficient (Wildman–Crippen LogP) is 8.47. The Morgan fingerprint density at radius 1 is 0.593 bits per heavy atom. The van der Waals surface area contributed by atoms with E-state index in [2.05, 4.69) is 12.1 Å². The molecule has 0 spiro atoms. The smallest absolute Gasteiger partial charge is 0.451 e. The van der Waals surface area contributed by atoms with Crippen LogP contribution in [-0.2, 0) is 35.0 Å². The minimum atomic E-state index is -1.30. The van der Waals surface area contributed by atoms with Gasteiger partial charge in [0.1, 0.15) is 18.1 Å². The fourth-order valence-corrected chi connectivity index (χ4v) is 7.80. The summed E-state index contributed by atoms with van der Waals surface area (Å²) >= 11 is 1.37. The van der Waals surface area contributed by atoms with Gasteiger partial charge in [-0.3, -0.25) is 0 Å². The van der Waals surface area contributed by atoms with Crippen LogP contribution in [0.5, 0.6) is 0 Å². The van der Waals surface area contributed by atoms with Crippen molar-refractivity contribution in [2.45, 2.75) is 49.3 Å². The topological polar surface area (TPSA) is 107 Å². The SMILES string of the molecule is CCS[C@@H]1O[C@H](COCc2ccccc2)[C@@H](OC(=O)OCC2c3ccccc3-c3ccccc32)[C@H](OC(=O)c2ccccc2)[C@H]1OC(=O)c1ccccc1. The highest BCUT2D eigenvalue weighted by Gasteiger charge is 2.53. The number of rotatable bonds is 13. The number of hydrogen-bond donors (Lipinski definition) is 0. The van der Waals surface area contributed by atoms with Crippen LogP contribution in [0.25, 0.3) is 11.1 Å². The van der Waals surface area contributed by atoms with E-state index in [9.17, 15) is 14.4 Å². The van der Waals surface area contributed by atoms with E-state index in [0.29, 0.717) is 11.3 Å². The van der Waals surface area contributed by atoms with E-state index in [1.54, 1.807) is 60.7 Å². The molecule has 9 nitrogen and oxygen atoms in total. The zero-order chi connectivity index (χ0) is 37.3. The van der Waals surface area contributed by atoms with Gasteiger partial charge >= 0.3 is 18.1 Å². The first-order valence-electron chi connectivity index (χ1n) is 17.9. The van der Waals surface area contributed by atoms with E-state index in [4.69, 9.17) is 28.4 Å². The minimum Gasteiger partial charge on any atom is -0.451 e. The van der Waals surface area contributed by atoms with E-state index in [1.807, 2.05) is 73.7 Å². The van der Waals surface area contributed by atoms with Crippen molar-refractivity contribution in [2.75, 3.05) is 19.0 Å². The summed E-state index contributed by atoms with van der Waals surface area (Å²) < 4.78 is 36.9. The second kappa shape index (κ2) is 17.6. The van der Waals surface area contributed by atoms with Crippen LogP contribution >= 0.6 is 11.8 Å². The van der Waals surface area contributed by atoms with E-state index >= 15 is 0 Å². The molecular formula is C44H40O9S. The molecule has 0 aromatic heterocycles. The maximum absolute atomic E-state index is 13.8. The van der Waals surface area contributed by atoms with Crippen molar-refractivity contribution in [2.24, 2.45) is 0 Å². The highest BCUT2D eigenvalue weighted by molar-refractivity contribution is 7.99. The molecule has 1 heterocycles. The van der Waals surface area contributed by atoms with E-state index in [1.165, 1.54) is 11.8 Å². The number of thioether (sulfide) groups is 1. The Hall–Kier alpha value is -5.42. The molecule has 1 fully saturated rings. The zero-order valence-corrected chi connectivity index (χ0v) is 30.5. The Labute approximate surface area is 318 Å². The minimum absolute atomic E-state index is 0.00478. The molecule has 0 radical (unpaired) electrons. The van der Waals surface area contributed by atoms with Gasteiger partial charge in [0.2, 0.25) is 0 Å². The molecule has 5 aromatic rings. The summed E-state index contributed by atoms with van der Waals surface area (Å²) in [5.41, 5.74) is 4.96. The molecule has 0 N–H and O–H groups in total. The van der Waals surface area contributed by atoms with Crippen molar-refractivity contribution in [3.8, 4) is 11.1 Å². The molecule has 0 saturated carbocycles. The van der Waals surface area contributed by atoms with Gasteiger partial charge in [0, 0.05) is 5.92 Å². The molecule has 10 heteroatoms. The number of ether oxygens (including phenoxy) is 6. The summed E-state index contributed by atoms with van der Waals surface area (Å²) in [6.45, 7) is 2.17. The molecule has 5 aromatic carbocycles. The number of carbonyl (C=O) groups excluding carboxylic acids is 3. The quantitative estimate of drug-likeness (QED) is 0.0861. The molecule has 0 bridgehead atoms. The maximum Gasteiger partial charge on any atom is 0.508 e. The average Bonchev–Trinajstić information content (AvgIpc) is 3.54. The molecular weight excluding hydrogens is 705 g/mol. The molecule has 7 rings (SSSR count). The largest absolute Gasteiger partial charge is 0.508 e. The molecule has 0 amide bonds. The Morgan fingerprint density at radius 3 is 1.69 bits per heavy atom.